The molecule has 0 amide bonds. The Labute approximate surface area is 93.9 Å². The number of halogens is 1. The lowest BCUT2D eigenvalue weighted by Gasteiger charge is -2.10. The number of hydrogen-bond acceptors (Lipinski definition) is 1. The van der Waals surface area contributed by atoms with Crippen molar-refractivity contribution in [3.8, 4) is 0 Å². The highest BCUT2D eigenvalue weighted by molar-refractivity contribution is 6.30. The van der Waals surface area contributed by atoms with Crippen LogP contribution in [0, 0.1) is 11.8 Å². The van der Waals surface area contributed by atoms with Gasteiger partial charge in [0.2, 0.25) is 0 Å². The van der Waals surface area contributed by atoms with Crippen molar-refractivity contribution in [3.63, 3.8) is 0 Å². The second kappa shape index (κ2) is 4.23. The van der Waals surface area contributed by atoms with Gasteiger partial charge in [-0.1, -0.05) is 23.7 Å². The van der Waals surface area contributed by atoms with Crippen LogP contribution in [0.3, 0.4) is 0 Å². The molecule has 2 nitrogen and oxygen atoms in total. The minimum absolute atomic E-state index is 0.217. The van der Waals surface area contributed by atoms with Crippen molar-refractivity contribution < 1.29 is 9.90 Å². The average molecular weight is 225 g/mol. The zero-order valence-electron chi connectivity index (χ0n) is 8.32. The highest BCUT2D eigenvalue weighted by Crippen LogP contribution is 2.38. The fraction of sp³-hybridized carbons (Fsp3) is 0.417. The van der Waals surface area contributed by atoms with Crippen LogP contribution in [-0.4, -0.2) is 11.1 Å². The Bertz CT molecular complexity index is 354. The van der Waals surface area contributed by atoms with Gasteiger partial charge in [-0.2, -0.15) is 0 Å². The molecule has 1 aliphatic rings. The number of rotatable bonds is 4. The monoisotopic (exact) mass is 224 g/mol. The van der Waals surface area contributed by atoms with Crippen molar-refractivity contribution >= 4 is 17.6 Å². The van der Waals surface area contributed by atoms with E-state index in [4.69, 9.17) is 16.7 Å². The summed E-state index contributed by atoms with van der Waals surface area (Å²) in [5, 5.41) is 9.77. The largest absolute Gasteiger partial charge is 0.481 e. The van der Waals surface area contributed by atoms with E-state index in [0.717, 1.165) is 18.4 Å². The molecule has 1 saturated carbocycles. The van der Waals surface area contributed by atoms with Crippen LogP contribution in [0.4, 0.5) is 0 Å². The van der Waals surface area contributed by atoms with Crippen molar-refractivity contribution in [1.82, 2.24) is 0 Å². The van der Waals surface area contributed by atoms with Crippen molar-refractivity contribution in [2.75, 3.05) is 0 Å². The third-order valence-corrected chi connectivity index (χ3v) is 3.13. The van der Waals surface area contributed by atoms with Gasteiger partial charge in [-0.3, -0.25) is 4.79 Å². The molecule has 0 saturated heterocycles. The van der Waals surface area contributed by atoms with Gasteiger partial charge in [0, 0.05) is 5.02 Å². The lowest BCUT2D eigenvalue weighted by Crippen LogP contribution is -2.18. The number of carbonyl (C=O) groups is 1. The van der Waals surface area contributed by atoms with Crippen molar-refractivity contribution in [2.24, 2.45) is 11.8 Å². The van der Waals surface area contributed by atoms with Crippen LogP contribution in [0.25, 0.3) is 0 Å². The quantitative estimate of drug-likeness (QED) is 0.854. The summed E-state index contributed by atoms with van der Waals surface area (Å²) < 4.78 is 0. The molecular weight excluding hydrogens is 212 g/mol. The maximum Gasteiger partial charge on any atom is 0.307 e. The Morgan fingerprint density at radius 3 is 2.47 bits per heavy atom. The van der Waals surface area contributed by atoms with E-state index in [0.29, 0.717) is 17.4 Å². The van der Waals surface area contributed by atoms with E-state index in [1.54, 1.807) is 0 Å². The second-order valence-electron chi connectivity index (χ2n) is 4.11. The smallest absolute Gasteiger partial charge is 0.307 e. The van der Waals surface area contributed by atoms with E-state index < -0.39 is 5.97 Å². The SMILES string of the molecule is O=C(O)C(Cc1ccc(Cl)cc1)C1CC1. The Morgan fingerprint density at radius 2 is 2.00 bits per heavy atom. The predicted octanol–water partition coefficient (Wildman–Crippen LogP) is 2.99. The van der Waals surface area contributed by atoms with Gasteiger partial charge >= 0.3 is 5.97 Å². The first-order valence-electron chi connectivity index (χ1n) is 5.14. The molecular formula is C12H13ClO2. The molecule has 0 spiro atoms. The van der Waals surface area contributed by atoms with E-state index in [1.165, 1.54) is 0 Å². The van der Waals surface area contributed by atoms with Crippen LogP contribution in [0.2, 0.25) is 5.02 Å². The maximum atomic E-state index is 11.0. The van der Waals surface area contributed by atoms with Gasteiger partial charge in [0.1, 0.15) is 0 Å². The normalized spacial score (nSPS) is 17.4. The molecule has 1 aromatic rings. The van der Waals surface area contributed by atoms with Crippen LogP contribution in [0.15, 0.2) is 24.3 Å². The van der Waals surface area contributed by atoms with Crippen molar-refractivity contribution in [2.45, 2.75) is 19.3 Å². The predicted molar refractivity (Wildman–Crippen MR) is 59.0 cm³/mol. The zero-order valence-corrected chi connectivity index (χ0v) is 9.07. The van der Waals surface area contributed by atoms with E-state index in [-0.39, 0.29) is 5.92 Å². The summed E-state index contributed by atoms with van der Waals surface area (Å²) >= 11 is 5.77. The van der Waals surface area contributed by atoms with Gasteiger partial charge in [-0.15, -0.1) is 0 Å². The Kier molecular flexibility index (Phi) is 2.96. The molecule has 0 aromatic heterocycles. The van der Waals surface area contributed by atoms with Gasteiger partial charge < -0.3 is 5.11 Å². The third-order valence-electron chi connectivity index (χ3n) is 2.88. The minimum Gasteiger partial charge on any atom is -0.481 e. The molecule has 15 heavy (non-hydrogen) atoms. The lowest BCUT2D eigenvalue weighted by atomic mass is 9.95. The van der Waals surface area contributed by atoms with Gasteiger partial charge in [-0.25, -0.2) is 0 Å². The molecule has 0 aliphatic heterocycles. The Morgan fingerprint density at radius 1 is 1.40 bits per heavy atom. The van der Waals surface area contributed by atoms with Crippen LogP contribution < -0.4 is 0 Å². The molecule has 1 aliphatic carbocycles. The molecule has 3 heteroatoms. The van der Waals surface area contributed by atoms with E-state index >= 15 is 0 Å². The average Bonchev–Trinajstić information content (AvgIpc) is 3.00. The zero-order chi connectivity index (χ0) is 10.8. The number of benzene rings is 1. The van der Waals surface area contributed by atoms with E-state index in [9.17, 15) is 4.79 Å². The summed E-state index contributed by atoms with van der Waals surface area (Å²) in [5.41, 5.74) is 1.05. The first-order valence-corrected chi connectivity index (χ1v) is 5.52. The fourth-order valence-corrected chi connectivity index (χ4v) is 1.95. The van der Waals surface area contributed by atoms with Crippen LogP contribution in [0.1, 0.15) is 18.4 Å². The molecule has 0 radical (unpaired) electrons. The topological polar surface area (TPSA) is 37.3 Å². The van der Waals surface area contributed by atoms with Crippen LogP contribution in [-0.2, 0) is 11.2 Å². The van der Waals surface area contributed by atoms with Crippen molar-refractivity contribution in [1.29, 1.82) is 0 Å². The Hall–Kier alpha value is -1.02. The summed E-state index contributed by atoms with van der Waals surface area (Å²) in [5.74, 6) is -0.503. The minimum atomic E-state index is -0.674. The molecule has 1 fully saturated rings. The fourth-order valence-electron chi connectivity index (χ4n) is 1.83. The molecule has 0 heterocycles. The highest BCUT2D eigenvalue weighted by atomic mass is 35.5. The standard InChI is InChI=1S/C12H13ClO2/c13-10-5-1-8(2-6-10)7-11(12(14)15)9-3-4-9/h1-2,5-6,9,11H,3-4,7H2,(H,14,15). The van der Waals surface area contributed by atoms with Gasteiger partial charge in [0.05, 0.1) is 5.92 Å². The lowest BCUT2D eigenvalue weighted by molar-refractivity contribution is -0.142. The summed E-state index contributed by atoms with van der Waals surface area (Å²) in [6, 6.07) is 7.42. The van der Waals surface area contributed by atoms with Crippen LogP contribution in [0.5, 0.6) is 0 Å². The molecule has 0 bridgehead atoms. The molecule has 1 unspecified atom stereocenters. The van der Waals surface area contributed by atoms with E-state index in [2.05, 4.69) is 0 Å². The maximum absolute atomic E-state index is 11.0. The highest BCUT2D eigenvalue weighted by Gasteiger charge is 2.35. The molecule has 1 aromatic carbocycles. The van der Waals surface area contributed by atoms with Crippen molar-refractivity contribution in [3.05, 3.63) is 34.9 Å². The first-order chi connectivity index (χ1) is 7.16. The number of aliphatic carboxylic acids is 1. The molecule has 1 atom stereocenters. The first kappa shape index (κ1) is 10.5. The summed E-state index contributed by atoms with van der Waals surface area (Å²) in [7, 11) is 0. The summed E-state index contributed by atoms with van der Waals surface area (Å²) in [4.78, 5) is 11.0. The second-order valence-corrected chi connectivity index (χ2v) is 4.55. The van der Waals surface area contributed by atoms with Gasteiger partial charge in [0.25, 0.3) is 0 Å². The number of hydrogen-bond donors (Lipinski definition) is 1. The third kappa shape index (κ3) is 2.72. The van der Waals surface area contributed by atoms with Gasteiger partial charge in [0.15, 0.2) is 0 Å². The molecule has 80 valence electrons. The number of carboxylic acids is 1. The molecule has 2 rings (SSSR count). The van der Waals surface area contributed by atoms with Gasteiger partial charge in [-0.05, 0) is 42.9 Å². The Balaban J connectivity index is 2.05. The van der Waals surface area contributed by atoms with E-state index in [1.807, 2.05) is 24.3 Å². The summed E-state index contributed by atoms with van der Waals surface area (Å²) in [6.07, 6.45) is 2.74. The number of carboxylic acid groups (broad SMARTS) is 1. The van der Waals surface area contributed by atoms with Crippen LogP contribution >= 0.6 is 11.6 Å². The summed E-state index contributed by atoms with van der Waals surface area (Å²) in [6.45, 7) is 0. The molecule has 1 N–H and O–H groups in total.